The Morgan fingerprint density at radius 1 is 1.10 bits per heavy atom. The number of hydrogen-bond donors (Lipinski definition) is 0. The molecule has 0 fully saturated rings. The topological polar surface area (TPSA) is 23.1 Å². The van der Waals surface area contributed by atoms with Gasteiger partial charge in [-0.2, -0.15) is 18.2 Å². The predicted octanol–water partition coefficient (Wildman–Crippen LogP) is 3.98. The largest absolute Gasteiger partial charge is 2.00 e. The van der Waals surface area contributed by atoms with Gasteiger partial charge in [0.05, 0.1) is 0 Å². The van der Waals surface area contributed by atoms with E-state index in [1.54, 1.807) is 0 Å². The predicted molar refractivity (Wildman–Crippen MR) is 82.9 cm³/mol. The molecule has 21 heavy (non-hydrogen) atoms. The van der Waals surface area contributed by atoms with Crippen molar-refractivity contribution in [1.82, 2.24) is 0 Å². The Balaban J connectivity index is 0.000000313. The first-order chi connectivity index (χ1) is 9.68. The minimum absolute atomic E-state index is 0. The Morgan fingerprint density at radius 3 is 2.24 bits per heavy atom. The molecule has 0 heterocycles. The van der Waals surface area contributed by atoms with Crippen LogP contribution in [0.3, 0.4) is 0 Å². The van der Waals surface area contributed by atoms with Gasteiger partial charge >= 0.3 is 17.1 Å². The van der Waals surface area contributed by atoms with E-state index in [2.05, 4.69) is 26.0 Å². The second-order valence-electron chi connectivity index (χ2n) is 5.56. The fourth-order valence-corrected chi connectivity index (χ4v) is 2.61. The van der Waals surface area contributed by atoms with E-state index in [-0.39, 0.29) is 23.0 Å². The van der Waals surface area contributed by atoms with E-state index in [1.165, 1.54) is 0 Å². The molecule has 0 amide bonds. The maximum Gasteiger partial charge on any atom is 2.00 e. The number of rotatable bonds is 1. The molecule has 3 atom stereocenters. The Morgan fingerprint density at radius 2 is 1.71 bits per heavy atom. The summed E-state index contributed by atoms with van der Waals surface area (Å²) in [7, 11) is 0. The normalized spacial score (nSPS) is 26.0. The summed E-state index contributed by atoms with van der Waals surface area (Å²) in [6.07, 6.45) is 13.1. The van der Waals surface area contributed by atoms with Crippen LogP contribution in [0, 0.1) is 17.8 Å². The Bertz CT molecular complexity index is 489. The van der Waals surface area contributed by atoms with Crippen LogP contribution in [0.25, 0.3) is 0 Å². The Hall–Kier alpha value is -1.37. The molecule has 0 spiro atoms. The van der Waals surface area contributed by atoms with E-state index in [4.69, 9.17) is 0 Å². The van der Waals surface area contributed by atoms with Crippen LogP contribution >= 0.6 is 0 Å². The van der Waals surface area contributed by atoms with E-state index < -0.39 is 0 Å². The molecule has 2 heteroatoms. The van der Waals surface area contributed by atoms with E-state index in [9.17, 15) is 5.11 Å². The van der Waals surface area contributed by atoms with E-state index in [1.807, 2.05) is 54.6 Å². The third-order valence-electron chi connectivity index (χ3n) is 3.84. The summed E-state index contributed by atoms with van der Waals surface area (Å²) in [5.74, 6) is 1.39. The van der Waals surface area contributed by atoms with Gasteiger partial charge in [-0.25, -0.2) is 12.1 Å². The summed E-state index contributed by atoms with van der Waals surface area (Å²) in [5.41, 5.74) is 0.870. The average Bonchev–Trinajstić information content (AvgIpc) is 3.16. The molecule has 3 unspecified atom stereocenters. The minimum Gasteiger partial charge on any atom is -0.875 e. The fourth-order valence-electron chi connectivity index (χ4n) is 2.61. The second-order valence-corrected chi connectivity index (χ2v) is 5.56. The van der Waals surface area contributed by atoms with Crippen LogP contribution in [0.2, 0.25) is 0 Å². The summed E-state index contributed by atoms with van der Waals surface area (Å²) >= 11 is 0. The van der Waals surface area contributed by atoms with Crippen molar-refractivity contribution in [1.29, 1.82) is 0 Å². The number of hydrogen-bond acceptors (Lipinski definition) is 1. The summed E-state index contributed by atoms with van der Waals surface area (Å²) in [6.45, 7) is 4.31. The smallest absolute Gasteiger partial charge is 0.875 e. The molecular weight excluding hydrogens is 300 g/mol. The van der Waals surface area contributed by atoms with Crippen molar-refractivity contribution in [3.05, 3.63) is 78.1 Å². The van der Waals surface area contributed by atoms with Gasteiger partial charge < -0.3 is 5.11 Å². The zero-order valence-corrected chi connectivity index (χ0v) is 13.7. The summed E-state index contributed by atoms with van der Waals surface area (Å²) < 4.78 is 0. The van der Waals surface area contributed by atoms with Gasteiger partial charge in [-0.05, 0) is 29.7 Å². The van der Waals surface area contributed by atoms with Gasteiger partial charge in [-0.15, -0.1) is 5.76 Å². The van der Waals surface area contributed by atoms with Gasteiger partial charge in [0.15, 0.2) is 0 Å². The molecule has 2 aliphatic rings. The minimum atomic E-state index is 0. The van der Waals surface area contributed by atoms with Crippen LogP contribution in [-0.4, -0.2) is 0 Å². The molecule has 0 radical (unpaired) electrons. The van der Waals surface area contributed by atoms with Crippen LogP contribution in [0.4, 0.5) is 0 Å². The van der Waals surface area contributed by atoms with E-state index in [0.29, 0.717) is 17.6 Å². The maximum absolute atomic E-state index is 12.2. The third kappa shape index (κ3) is 5.15. The first kappa shape index (κ1) is 17.7. The molecule has 0 aromatic heterocycles. The van der Waals surface area contributed by atoms with Crippen LogP contribution in [-0.2, 0) is 17.1 Å². The standard InChI is InChI=1S/C14H18O.C5H5.Fe/c1-10-7-8-11(2)13(9-10)14(15)12-5-3-4-6-12;1-2-4-5-3-1;/h3-8,10-11,13,15H,9H2,1-2H3;1-5H;/q;-1;+2/p-1. The molecule has 112 valence electrons. The Labute approximate surface area is 138 Å². The molecule has 2 aliphatic carbocycles. The Kier molecular flexibility index (Phi) is 7.42. The van der Waals surface area contributed by atoms with Crippen LogP contribution in [0.15, 0.2) is 78.1 Å². The van der Waals surface area contributed by atoms with Crippen LogP contribution < -0.4 is 5.11 Å². The first-order valence-corrected chi connectivity index (χ1v) is 7.29. The zero-order valence-electron chi connectivity index (χ0n) is 12.6. The first-order valence-electron chi connectivity index (χ1n) is 7.29. The van der Waals surface area contributed by atoms with Crippen LogP contribution in [0.1, 0.15) is 20.3 Å². The molecule has 0 aliphatic heterocycles. The van der Waals surface area contributed by atoms with Crippen LogP contribution in [0.5, 0.6) is 0 Å². The molecule has 0 saturated carbocycles. The summed E-state index contributed by atoms with van der Waals surface area (Å²) in [5, 5.41) is 12.2. The van der Waals surface area contributed by atoms with Gasteiger partial charge in [-0.1, -0.05) is 50.3 Å². The van der Waals surface area contributed by atoms with Crippen molar-refractivity contribution >= 4 is 0 Å². The molecule has 1 aromatic rings. The summed E-state index contributed by atoms with van der Waals surface area (Å²) in [4.78, 5) is 0. The van der Waals surface area contributed by atoms with E-state index >= 15 is 0 Å². The number of allylic oxidation sites excluding steroid dienone is 8. The molecule has 0 saturated heterocycles. The summed E-state index contributed by atoms with van der Waals surface area (Å²) in [6, 6.07) is 10.0. The van der Waals surface area contributed by atoms with Gasteiger partial charge in [-0.3, -0.25) is 0 Å². The molecule has 0 bridgehead atoms. The van der Waals surface area contributed by atoms with Crippen molar-refractivity contribution in [2.24, 2.45) is 17.8 Å². The van der Waals surface area contributed by atoms with Gasteiger partial charge in [0.25, 0.3) is 0 Å². The van der Waals surface area contributed by atoms with Gasteiger partial charge in [0, 0.05) is 0 Å². The van der Waals surface area contributed by atoms with Crippen molar-refractivity contribution in [2.75, 3.05) is 0 Å². The van der Waals surface area contributed by atoms with Crippen molar-refractivity contribution in [3.8, 4) is 0 Å². The van der Waals surface area contributed by atoms with Gasteiger partial charge in [0.1, 0.15) is 0 Å². The molecule has 3 rings (SSSR count). The quantitative estimate of drug-likeness (QED) is 0.332. The second kappa shape index (κ2) is 8.81. The SMILES string of the molecule is CC1C=CC(C)C(C([O-])=C2C=CC=C2)C1.[Fe+2].c1cc[cH-]c1. The monoisotopic (exact) mass is 322 g/mol. The van der Waals surface area contributed by atoms with Gasteiger partial charge in [0.2, 0.25) is 0 Å². The average molecular weight is 322 g/mol. The van der Waals surface area contributed by atoms with Crippen molar-refractivity contribution in [3.63, 3.8) is 0 Å². The van der Waals surface area contributed by atoms with E-state index in [0.717, 1.165) is 12.0 Å². The third-order valence-corrected chi connectivity index (χ3v) is 3.84. The molecule has 1 nitrogen and oxygen atoms in total. The van der Waals surface area contributed by atoms with Crippen molar-refractivity contribution in [2.45, 2.75) is 20.3 Å². The maximum atomic E-state index is 12.2. The zero-order chi connectivity index (χ0) is 14.4. The molecule has 1 aromatic carbocycles. The molecule has 0 N–H and O–H groups in total. The molecular formula is C19H22FeO. The fraction of sp³-hybridized carbons (Fsp3) is 0.316. The van der Waals surface area contributed by atoms with Crippen molar-refractivity contribution < 1.29 is 22.2 Å².